The molecule has 0 radical (unpaired) electrons. The maximum absolute atomic E-state index is 4.80. The van der Waals surface area contributed by atoms with Gasteiger partial charge in [-0.15, -0.1) is 0 Å². The summed E-state index contributed by atoms with van der Waals surface area (Å²) in [6, 6.07) is 9.14. The number of halogens is 1. The number of rotatable bonds is 3. The summed E-state index contributed by atoms with van der Waals surface area (Å²) in [4.78, 5) is 4.80. The fourth-order valence-corrected chi connectivity index (χ4v) is 5.65. The van der Waals surface area contributed by atoms with E-state index in [0.29, 0.717) is 17.4 Å². The Labute approximate surface area is 147 Å². The predicted molar refractivity (Wildman–Crippen MR) is 102 cm³/mol. The number of nitrogens with zero attached hydrogens (tertiary/aromatic N) is 2. The van der Waals surface area contributed by atoms with Gasteiger partial charge < -0.3 is 4.57 Å². The van der Waals surface area contributed by atoms with Crippen molar-refractivity contribution in [1.29, 1.82) is 0 Å². The van der Waals surface area contributed by atoms with E-state index in [0.717, 1.165) is 21.2 Å². The third-order valence-corrected chi connectivity index (χ3v) is 6.94. The van der Waals surface area contributed by atoms with Crippen molar-refractivity contribution in [3.05, 3.63) is 28.1 Å². The molecule has 1 aliphatic carbocycles. The number of benzene rings is 1. The predicted octanol–water partition coefficient (Wildman–Crippen LogP) is 5.91. The van der Waals surface area contributed by atoms with E-state index in [4.69, 9.17) is 4.98 Å². The van der Waals surface area contributed by atoms with Crippen LogP contribution in [-0.2, 0) is 0 Å². The Bertz CT molecular complexity index is 673. The van der Waals surface area contributed by atoms with Gasteiger partial charge in [0.1, 0.15) is 0 Å². The van der Waals surface area contributed by atoms with Crippen LogP contribution in [0.4, 0.5) is 0 Å². The van der Waals surface area contributed by atoms with Crippen molar-refractivity contribution >= 4 is 33.6 Å². The summed E-state index contributed by atoms with van der Waals surface area (Å²) in [6.45, 7) is 12.1. The molecule has 1 fully saturated rings. The molecule has 22 heavy (non-hydrogen) atoms. The van der Waals surface area contributed by atoms with Gasteiger partial charge in [-0.3, -0.25) is 0 Å². The SMILES string of the molecule is CC(C)C1CCC(n2c(I)nc3ccccc32)[C@@]1(C)C(C)C. The highest BCUT2D eigenvalue weighted by Gasteiger charge is 2.50. The van der Waals surface area contributed by atoms with Crippen LogP contribution in [0.3, 0.4) is 0 Å². The van der Waals surface area contributed by atoms with E-state index < -0.39 is 0 Å². The lowest BCUT2D eigenvalue weighted by molar-refractivity contribution is 0.0673. The third kappa shape index (κ3) is 2.31. The van der Waals surface area contributed by atoms with Crippen molar-refractivity contribution in [2.75, 3.05) is 0 Å². The normalized spacial score (nSPS) is 29.1. The van der Waals surface area contributed by atoms with Crippen molar-refractivity contribution in [1.82, 2.24) is 9.55 Å². The molecule has 3 atom stereocenters. The van der Waals surface area contributed by atoms with Crippen LogP contribution in [0.2, 0.25) is 0 Å². The first kappa shape index (κ1) is 16.3. The molecule has 1 saturated carbocycles. The average molecular weight is 410 g/mol. The highest BCUT2D eigenvalue weighted by atomic mass is 127. The van der Waals surface area contributed by atoms with Gasteiger partial charge in [-0.05, 0) is 70.7 Å². The van der Waals surface area contributed by atoms with Crippen LogP contribution in [0.1, 0.15) is 53.5 Å². The summed E-state index contributed by atoms with van der Waals surface area (Å²) >= 11 is 2.42. The van der Waals surface area contributed by atoms with Crippen LogP contribution in [0.15, 0.2) is 24.3 Å². The molecule has 3 heteroatoms. The second-order valence-electron chi connectivity index (χ2n) is 7.70. The highest BCUT2D eigenvalue weighted by molar-refractivity contribution is 14.1. The Balaban J connectivity index is 2.15. The van der Waals surface area contributed by atoms with E-state index in [-0.39, 0.29) is 0 Å². The molecule has 0 amide bonds. The Morgan fingerprint density at radius 2 is 1.86 bits per heavy atom. The summed E-state index contributed by atoms with van der Waals surface area (Å²) in [6.07, 6.45) is 2.60. The smallest absolute Gasteiger partial charge is 0.172 e. The topological polar surface area (TPSA) is 17.8 Å². The molecule has 0 spiro atoms. The number of imidazole rings is 1. The Hall–Kier alpha value is -0.580. The Kier molecular flexibility index (Phi) is 4.30. The Morgan fingerprint density at radius 3 is 2.50 bits per heavy atom. The highest BCUT2D eigenvalue weighted by Crippen LogP contribution is 2.58. The minimum atomic E-state index is 0.331. The second-order valence-corrected chi connectivity index (χ2v) is 8.67. The van der Waals surface area contributed by atoms with Gasteiger partial charge in [-0.2, -0.15) is 0 Å². The van der Waals surface area contributed by atoms with Crippen LogP contribution in [0.5, 0.6) is 0 Å². The molecule has 2 unspecified atom stereocenters. The van der Waals surface area contributed by atoms with E-state index in [2.05, 4.69) is 86.0 Å². The van der Waals surface area contributed by atoms with Crippen LogP contribution >= 0.6 is 22.6 Å². The van der Waals surface area contributed by atoms with E-state index in [1.807, 2.05) is 0 Å². The lowest BCUT2D eigenvalue weighted by atomic mass is 9.65. The van der Waals surface area contributed by atoms with Gasteiger partial charge in [0.15, 0.2) is 3.83 Å². The number of para-hydroxylation sites is 2. The first-order valence-corrected chi connectivity index (χ1v) is 9.57. The van der Waals surface area contributed by atoms with Crippen LogP contribution in [0.25, 0.3) is 11.0 Å². The van der Waals surface area contributed by atoms with Gasteiger partial charge in [0.05, 0.1) is 11.0 Å². The largest absolute Gasteiger partial charge is 0.316 e. The van der Waals surface area contributed by atoms with Crippen molar-refractivity contribution < 1.29 is 0 Å². The molecule has 0 bridgehead atoms. The molecule has 1 aliphatic rings. The minimum absolute atomic E-state index is 0.331. The molecule has 3 rings (SSSR count). The van der Waals surface area contributed by atoms with Crippen molar-refractivity contribution in [2.24, 2.45) is 23.2 Å². The van der Waals surface area contributed by atoms with Crippen LogP contribution in [0, 0.1) is 27.0 Å². The summed E-state index contributed by atoms with van der Waals surface area (Å²) in [5, 5.41) is 0. The first-order chi connectivity index (χ1) is 10.4. The Morgan fingerprint density at radius 1 is 1.18 bits per heavy atom. The maximum atomic E-state index is 4.80. The molecule has 0 N–H and O–H groups in total. The monoisotopic (exact) mass is 410 g/mol. The molecule has 2 nitrogen and oxygen atoms in total. The van der Waals surface area contributed by atoms with Gasteiger partial charge in [-0.1, -0.05) is 46.8 Å². The molecule has 1 aromatic carbocycles. The zero-order chi connectivity index (χ0) is 16.1. The number of fused-ring (bicyclic) bond motifs is 1. The third-order valence-electron chi connectivity index (χ3n) is 6.18. The lowest BCUT2D eigenvalue weighted by Gasteiger charge is -2.43. The van der Waals surface area contributed by atoms with Crippen LogP contribution in [-0.4, -0.2) is 9.55 Å². The van der Waals surface area contributed by atoms with Crippen molar-refractivity contribution in [2.45, 2.75) is 53.5 Å². The zero-order valence-electron chi connectivity index (χ0n) is 14.3. The second kappa shape index (κ2) is 5.81. The quantitative estimate of drug-likeness (QED) is 0.576. The van der Waals surface area contributed by atoms with Gasteiger partial charge in [-0.25, -0.2) is 4.98 Å². The molecular weight excluding hydrogens is 383 g/mol. The summed E-state index contributed by atoms with van der Waals surface area (Å²) in [5.41, 5.74) is 2.76. The van der Waals surface area contributed by atoms with Gasteiger partial charge in [0, 0.05) is 6.04 Å². The molecule has 1 aromatic heterocycles. The standard InChI is InChI=1S/C19H27IN2/c1-12(2)14-10-11-17(19(14,5)13(3)4)22-16-9-7-6-8-15(16)21-18(22)20/h6-9,12-14,17H,10-11H2,1-5H3/t14?,17?,19-/m0/s1. The van der Waals surface area contributed by atoms with E-state index in [1.165, 1.54) is 18.4 Å². The summed E-state index contributed by atoms with van der Waals surface area (Å²) in [7, 11) is 0. The summed E-state index contributed by atoms with van der Waals surface area (Å²) < 4.78 is 3.67. The first-order valence-electron chi connectivity index (χ1n) is 8.49. The number of hydrogen-bond donors (Lipinski definition) is 0. The molecule has 120 valence electrons. The van der Waals surface area contributed by atoms with Gasteiger partial charge in [0.2, 0.25) is 0 Å². The maximum Gasteiger partial charge on any atom is 0.172 e. The fourth-order valence-electron chi connectivity index (χ4n) is 4.79. The van der Waals surface area contributed by atoms with E-state index in [1.54, 1.807) is 0 Å². The lowest BCUT2D eigenvalue weighted by Crippen LogP contribution is -2.38. The van der Waals surface area contributed by atoms with E-state index in [9.17, 15) is 0 Å². The molecule has 2 aromatic rings. The number of aromatic nitrogens is 2. The van der Waals surface area contributed by atoms with Gasteiger partial charge >= 0.3 is 0 Å². The number of hydrogen-bond acceptors (Lipinski definition) is 1. The molecular formula is C19H27IN2. The van der Waals surface area contributed by atoms with E-state index >= 15 is 0 Å². The van der Waals surface area contributed by atoms with Gasteiger partial charge in [0.25, 0.3) is 0 Å². The molecule has 0 saturated heterocycles. The fraction of sp³-hybridized carbons (Fsp3) is 0.632. The van der Waals surface area contributed by atoms with Crippen molar-refractivity contribution in [3.8, 4) is 0 Å². The summed E-state index contributed by atoms with van der Waals surface area (Å²) in [5.74, 6) is 2.20. The van der Waals surface area contributed by atoms with Crippen molar-refractivity contribution in [3.63, 3.8) is 0 Å². The van der Waals surface area contributed by atoms with Crippen LogP contribution < -0.4 is 0 Å². The molecule has 0 aliphatic heterocycles. The average Bonchev–Trinajstić information content (AvgIpc) is 2.96. The molecule has 1 heterocycles. The minimum Gasteiger partial charge on any atom is -0.316 e. The zero-order valence-corrected chi connectivity index (χ0v) is 16.5.